The van der Waals surface area contributed by atoms with Gasteiger partial charge in [-0.2, -0.15) is 0 Å². The Balaban J connectivity index is 1.86. The van der Waals surface area contributed by atoms with E-state index in [1.807, 2.05) is 31.2 Å². The molecule has 1 aromatic heterocycles. The van der Waals surface area contributed by atoms with Crippen LogP contribution in [-0.2, 0) is 4.74 Å². The minimum atomic E-state index is -0.952. The second-order valence-corrected chi connectivity index (χ2v) is 6.15. The van der Waals surface area contributed by atoms with Gasteiger partial charge in [0.15, 0.2) is 6.10 Å². The molecule has 0 radical (unpaired) electrons. The van der Waals surface area contributed by atoms with Crippen molar-refractivity contribution < 1.29 is 23.8 Å². The molecule has 0 amide bonds. The lowest BCUT2D eigenvalue weighted by Gasteiger charge is -2.15. The molecule has 1 heterocycles. The van der Waals surface area contributed by atoms with Gasteiger partial charge in [-0.1, -0.05) is 18.2 Å². The van der Waals surface area contributed by atoms with E-state index in [4.69, 9.17) is 14.2 Å². The molecule has 1 atom stereocenters. The number of carbonyl (C=O) groups excluding carboxylic acids is 2. The number of ketones is 1. The van der Waals surface area contributed by atoms with Gasteiger partial charge in [-0.25, -0.2) is 4.79 Å². The summed E-state index contributed by atoms with van der Waals surface area (Å²) in [5.74, 6) is -0.0674. The molecular weight excluding hydrogens is 346 g/mol. The Morgan fingerprint density at radius 2 is 1.78 bits per heavy atom. The predicted octanol–water partition coefficient (Wildman–Crippen LogP) is 3.92. The topological polar surface area (TPSA) is 77.6 Å². The van der Waals surface area contributed by atoms with Gasteiger partial charge in [0, 0.05) is 22.2 Å². The number of Topliss-reactive ketones (excluding diaryl/α,β-unsaturated/α-hetero) is 1. The van der Waals surface area contributed by atoms with Crippen LogP contribution in [0.15, 0.2) is 42.5 Å². The fourth-order valence-electron chi connectivity index (χ4n) is 3.05. The summed E-state index contributed by atoms with van der Waals surface area (Å²) in [5.41, 5.74) is 2.34. The van der Waals surface area contributed by atoms with Crippen LogP contribution in [0.25, 0.3) is 10.9 Å². The first-order valence-electron chi connectivity index (χ1n) is 8.50. The van der Waals surface area contributed by atoms with Crippen LogP contribution < -0.4 is 9.47 Å². The summed E-state index contributed by atoms with van der Waals surface area (Å²) in [6.07, 6.45) is -0.952. The van der Waals surface area contributed by atoms with E-state index in [-0.39, 0.29) is 11.3 Å². The minimum Gasteiger partial charge on any atom is -0.497 e. The Hall–Kier alpha value is -3.28. The highest BCUT2D eigenvalue weighted by molar-refractivity contribution is 6.11. The number of hydrogen-bond acceptors (Lipinski definition) is 5. The van der Waals surface area contributed by atoms with Crippen LogP contribution in [0.2, 0.25) is 0 Å². The van der Waals surface area contributed by atoms with Gasteiger partial charge in [-0.3, -0.25) is 4.79 Å². The standard InChI is InChI=1S/C21H21NO5/c1-12-19(15-7-5-6-8-17(15)22-12)20(23)13(2)27-21(24)16-11-14(25-3)9-10-18(16)26-4/h5-11,13,22H,1-4H3. The molecule has 6 nitrogen and oxygen atoms in total. The van der Waals surface area contributed by atoms with E-state index in [1.165, 1.54) is 20.3 Å². The predicted molar refractivity (Wildman–Crippen MR) is 102 cm³/mol. The van der Waals surface area contributed by atoms with Gasteiger partial charge in [0.1, 0.15) is 17.1 Å². The van der Waals surface area contributed by atoms with Crippen LogP contribution in [0.1, 0.15) is 33.3 Å². The lowest BCUT2D eigenvalue weighted by atomic mass is 10.0. The highest BCUT2D eigenvalue weighted by atomic mass is 16.5. The number of fused-ring (bicyclic) bond motifs is 1. The van der Waals surface area contributed by atoms with Crippen LogP contribution in [-0.4, -0.2) is 37.1 Å². The van der Waals surface area contributed by atoms with E-state index in [0.717, 1.165) is 16.6 Å². The van der Waals surface area contributed by atoms with Gasteiger partial charge in [0.2, 0.25) is 5.78 Å². The molecule has 1 unspecified atom stereocenters. The first kappa shape index (κ1) is 18.5. The third-order valence-electron chi connectivity index (χ3n) is 4.42. The maximum absolute atomic E-state index is 12.9. The Labute approximate surface area is 157 Å². The number of ether oxygens (including phenoxy) is 3. The lowest BCUT2D eigenvalue weighted by Crippen LogP contribution is -2.25. The number of hydrogen-bond donors (Lipinski definition) is 1. The maximum Gasteiger partial charge on any atom is 0.342 e. The largest absolute Gasteiger partial charge is 0.497 e. The average molecular weight is 367 g/mol. The van der Waals surface area contributed by atoms with E-state index in [9.17, 15) is 9.59 Å². The molecule has 3 aromatic rings. The first-order chi connectivity index (χ1) is 13.0. The summed E-state index contributed by atoms with van der Waals surface area (Å²) < 4.78 is 15.8. The summed E-state index contributed by atoms with van der Waals surface area (Å²) in [6.45, 7) is 3.39. The number of benzene rings is 2. The van der Waals surface area contributed by atoms with Crippen molar-refractivity contribution in [2.75, 3.05) is 14.2 Å². The van der Waals surface area contributed by atoms with Gasteiger partial charge < -0.3 is 19.2 Å². The highest BCUT2D eigenvalue weighted by Gasteiger charge is 2.26. The summed E-state index contributed by atoms with van der Waals surface area (Å²) in [6, 6.07) is 12.3. The van der Waals surface area contributed by atoms with Crippen molar-refractivity contribution in [3.63, 3.8) is 0 Å². The number of rotatable bonds is 6. The normalized spacial score (nSPS) is 11.9. The van der Waals surface area contributed by atoms with Crippen molar-refractivity contribution in [3.8, 4) is 11.5 Å². The molecule has 0 saturated carbocycles. The zero-order valence-electron chi connectivity index (χ0n) is 15.7. The molecule has 0 bridgehead atoms. The number of para-hydroxylation sites is 1. The van der Waals surface area contributed by atoms with Crippen LogP contribution in [0.3, 0.4) is 0 Å². The third kappa shape index (κ3) is 3.51. The van der Waals surface area contributed by atoms with Crippen molar-refractivity contribution >= 4 is 22.7 Å². The third-order valence-corrected chi connectivity index (χ3v) is 4.42. The van der Waals surface area contributed by atoms with E-state index in [1.54, 1.807) is 19.1 Å². The Bertz CT molecular complexity index is 1000. The van der Waals surface area contributed by atoms with Gasteiger partial charge >= 0.3 is 5.97 Å². The van der Waals surface area contributed by atoms with E-state index < -0.39 is 12.1 Å². The van der Waals surface area contributed by atoms with E-state index in [2.05, 4.69) is 4.98 Å². The maximum atomic E-state index is 12.9. The van der Waals surface area contributed by atoms with Crippen LogP contribution in [0, 0.1) is 6.92 Å². The van der Waals surface area contributed by atoms with E-state index >= 15 is 0 Å². The zero-order chi connectivity index (χ0) is 19.6. The van der Waals surface area contributed by atoms with Crippen LogP contribution in [0.5, 0.6) is 11.5 Å². The molecule has 0 aliphatic carbocycles. The van der Waals surface area contributed by atoms with Crippen molar-refractivity contribution in [2.24, 2.45) is 0 Å². The second kappa shape index (κ2) is 7.53. The molecule has 0 saturated heterocycles. The smallest absolute Gasteiger partial charge is 0.342 e. The Morgan fingerprint density at radius 1 is 1.04 bits per heavy atom. The van der Waals surface area contributed by atoms with Gasteiger partial charge in [-0.15, -0.1) is 0 Å². The number of aromatic nitrogens is 1. The molecule has 27 heavy (non-hydrogen) atoms. The number of nitrogens with one attached hydrogen (secondary N) is 1. The summed E-state index contributed by atoms with van der Waals surface area (Å²) in [5, 5.41) is 0.807. The summed E-state index contributed by atoms with van der Waals surface area (Å²) in [7, 11) is 2.96. The fraction of sp³-hybridized carbons (Fsp3) is 0.238. The van der Waals surface area contributed by atoms with E-state index in [0.29, 0.717) is 17.1 Å². The number of aromatic amines is 1. The number of methoxy groups -OCH3 is 2. The summed E-state index contributed by atoms with van der Waals surface area (Å²) >= 11 is 0. The summed E-state index contributed by atoms with van der Waals surface area (Å²) in [4.78, 5) is 28.7. The van der Waals surface area contributed by atoms with Crippen molar-refractivity contribution in [1.82, 2.24) is 4.98 Å². The van der Waals surface area contributed by atoms with Crippen LogP contribution >= 0.6 is 0 Å². The number of esters is 1. The molecule has 1 N–H and O–H groups in total. The molecule has 0 fully saturated rings. The monoisotopic (exact) mass is 367 g/mol. The highest BCUT2D eigenvalue weighted by Crippen LogP contribution is 2.27. The van der Waals surface area contributed by atoms with Gasteiger partial charge in [0.25, 0.3) is 0 Å². The molecule has 0 aliphatic heterocycles. The molecule has 3 rings (SSSR count). The van der Waals surface area contributed by atoms with Crippen molar-refractivity contribution in [2.45, 2.75) is 20.0 Å². The lowest BCUT2D eigenvalue weighted by molar-refractivity contribution is 0.0316. The SMILES string of the molecule is COc1ccc(OC)c(C(=O)OC(C)C(=O)c2c(C)[nH]c3ccccc23)c1. The fourth-order valence-corrected chi connectivity index (χ4v) is 3.05. The molecule has 6 heteroatoms. The quantitative estimate of drug-likeness (QED) is 0.528. The molecule has 0 spiro atoms. The molecule has 140 valence electrons. The minimum absolute atomic E-state index is 0.201. The first-order valence-corrected chi connectivity index (χ1v) is 8.50. The molecule has 2 aromatic carbocycles. The van der Waals surface area contributed by atoms with Crippen LogP contribution in [0.4, 0.5) is 0 Å². The number of carbonyl (C=O) groups is 2. The molecule has 0 aliphatic rings. The van der Waals surface area contributed by atoms with Gasteiger partial charge in [0.05, 0.1) is 14.2 Å². The Kier molecular flexibility index (Phi) is 5.16. The average Bonchev–Trinajstić information content (AvgIpc) is 3.02. The number of aryl methyl sites for hydroxylation is 1. The van der Waals surface area contributed by atoms with Gasteiger partial charge in [-0.05, 0) is 38.1 Å². The Morgan fingerprint density at radius 3 is 2.48 bits per heavy atom. The molecular formula is C21H21NO5. The second-order valence-electron chi connectivity index (χ2n) is 6.15. The van der Waals surface area contributed by atoms with Crippen molar-refractivity contribution in [3.05, 3.63) is 59.3 Å². The zero-order valence-corrected chi connectivity index (χ0v) is 15.7. The van der Waals surface area contributed by atoms with Crippen molar-refractivity contribution in [1.29, 1.82) is 0 Å². The number of H-pyrrole nitrogens is 1.